The summed E-state index contributed by atoms with van der Waals surface area (Å²) in [6.45, 7) is 2.57. The second-order valence-corrected chi connectivity index (χ2v) is 7.80. The Labute approximate surface area is 126 Å². The molecule has 4 nitrogen and oxygen atoms in total. The number of alkyl halides is 1. The Kier molecular flexibility index (Phi) is 5.07. The molecule has 1 aromatic carbocycles. The summed E-state index contributed by atoms with van der Waals surface area (Å²) in [5.41, 5.74) is 0.821. The quantitative estimate of drug-likeness (QED) is 0.780. The molecule has 0 radical (unpaired) electrons. The fourth-order valence-corrected chi connectivity index (χ4v) is 4.09. The summed E-state index contributed by atoms with van der Waals surface area (Å²) < 4.78 is 26.5. The van der Waals surface area contributed by atoms with Crippen molar-refractivity contribution in [3.05, 3.63) is 29.8 Å². The smallest absolute Gasteiger partial charge is 0.242 e. The van der Waals surface area contributed by atoms with Crippen LogP contribution in [0.25, 0.3) is 0 Å². The van der Waals surface area contributed by atoms with Crippen LogP contribution in [0.2, 0.25) is 0 Å². The second-order valence-electron chi connectivity index (χ2n) is 5.48. The summed E-state index contributed by atoms with van der Waals surface area (Å²) in [6, 6.07) is 6.85. The van der Waals surface area contributed by atoms with Crippen molar-refractivity contribution in [1.82, 2.24) is 9.21 Å². The van der Waals surface area contributed by atoms with Gasteiger partial charge in [-0.25, -0.2) is 12.7 Å². The van der Waals surface area contributed by atoms with E-state index in [0.29, 0.717) is 23.2 Å². The normalized spacial score (nSPS) is 20.7. The van der Waals surface area contributed by atoms with Crippen LogP contribution < -0.4 is 0 Å². The van der Waals surface area contributed by atoms with Gasteiger partial charge in [-0.05, 0) is 43.6 Å². The van der Waals surface area contributed by atoms with Crippen LogP contribution in [0.4, 0.5) is 0 Å². The van der Waals surface area contributed by atoms with Gasteiger partial charge in [-0.1, -0.05) is 12.1 Å². The Hall–Kier alpha value is -0.620. The van der Waals surface area contributed by atoms with Gasteiger partial charge in [-0.3, -0.25) is 0 Å². The van der Waals surface area contributed by atoms with Crippen molar-refractivity contribution in [3.8, 4) is 0 Å². The van der Waals surface area contributed by atoms with Gasteiger partial charge in [0.2, 0.25) is 10.0 Å². The Balaban J connectivity index is 2.12. The maximum absolute atomic E-state index is 12.5. The SMILES string of the molecule is CN1CCC(CN(C)S(=O)(=O)c2cccc(CCl)c2)C1. The van der Waals surface area contributed by atoms with Crippen molar-refractivity contribution in [2.24, 2.45) is 5.92 Å². The number of hydrogen-bond donors (Lipinski definition) is 0. The van der Waals surface area contributed by atoms with Gasteiger partial charge in [0.1, 0.15) is 0 Å². The largest absolute Gasteiger partial charge is 0.306 e. The van der Waals surface area contributed by atoms with E-state index in [2.05, 4.69) is 11.9 Å². The fourth-order valence-electron chi connectivity index (χ4n) is 2.61. The van der Waals surface area contributed by atoms with Crippen molar-refractivity contribution in [3.63, 3.8) is 0 Å². The minimum atomic E-state index is -3.42. The number of benzene rings is 1. The highest BCUT2D eigenvalue weighted by atomic mass is 35.5. The van der Waals surface area contributed by atoms with Gasteiger partial charge in [0.05, 0.1) is 4.90 Å². The van der Waals surface area contributed by atoms with Gasteiger partial charge in [0.25, 0.3) is 0 Å². The molecular weight excluding hydrogens is 296 g/mol. The van der Waals surface area contributed by atoms with E-state index in [1.54, 1.807) is 25.2 Å². The van der Waals surface area contributed by atoms with Crippen LogP contribution in [0.15, 0.2) is 29.2 Å². The van der Waals surface area contributed by atoms with Crippen molar-refractivity contribution in [2.45, 2.75) is 17.2 Å². The molecule has 0 N–H and O–H groups in total. The summed E-state index contributed by atoms with van der Waals surface area (Å²) in [4.78, 5) is 2.56. The number of sulfonamides is 1. The van der Waals surface area contributed by atoms with E-state index >= 15 is 0 Å². The first kappa shape index (κ1) is 15.8. The monoisotopic (exact) mass is 316 g/mol. The lowest BCUT2D eigenvalue weighted by atomic mass is 10.1. The Morgan fingerprint density at radius 1 is 1.45 bits per heavy atom. The van der Waals surface area contributed by atoms with Crippen LogP contribution in [-0.4, -0.2) is 51.4 Å². The predicted molar refractivity (Wildman–Crippen MR) is 81.4 cm³/mol. The molecule has 1 saturated heterocycles. The van der Waals surface area contributed by atoms with Crippen LogP contribution in [0.1, 0.15) is 12.0 Å². The molecular formula is C14H21ClN2O2S. The Bertz CT molecular complexity index is 562. The summed E-state index contributed by atoms with van der Waals surface area (Å²) >= 11 is 5.77. The Morgan fingerprint density at radius 3 is 2.80 bits per heavy atom. The summed E-state index contributed by atoms with van der Waals surface area (Å²) in [5, 5.41) is 0. The minimum absolute atomic E-state index is 0.320. The third-order valence-electron chi connectivity index (χ3n) is 3.77. The lowest BCUT2D eigenvalue weighted by molar-refractivity contribution is 0.356. The molecule has 1 fully saturated rings. The molecule has 1 aliphatic heterocycles. The van der Waals surface area contributed by atoms with Gasteiger partial charge in [-0.15, -0.1) is 11.6 Å². The molecule has 1 unspecified atom stereocenters. The minimum Gasteiger partial charge on any atom is -0.306 e. The number of likely N-dealkylation sites (tertiary alicyclic amines) is 1. The van der Waals surface area contributed by atoms with Crippen molar-refractivity contribution in [2.75, 3.05) is 33.7 Å². The third kappa shape index (κ3) is 3.52. The molecule has 0 spiro atoms. The number of halogens is 1. The van der Waals surface area contributed by atoms with E-state index in [1.165, 1.54) is 4.31 Å². The topological polar surface area (TPSA) is 40.6 Å². The molecule has 1 aromatic rings. The first-order valence-electron chi connectivity index (χ1n) is 6.73. The molecule has 0 amide bonds. The van der Waals surface area contributed by atoms with Crippen molar-refractivity contribution < 1.29 is 8.42 Å². The van der Waals surface area contributed by atoms with Crippen LogP contribution in [0.3, 0.4) is 0 Å². The van der Waals surface area contributed by atoms with Crippen LogP contribution >= 0.6 is 11.6 Å². The molecule has 1 atom stereocenters. The molecule has 6 heteroatoms. The first-order valence-corrected chi connectivity index (χ1v) is 8.70. The number of hydrogen-bond acceptors (Lipinski definition) is 3. The fraction of sp³-hybridized carbons (Fsp3) is 0.571. The van der Waals surface area contributed by atoms with Crippen LogP contribution in [0.5, 0.6) is 0 Å². The molecule has 0 aromatic heterocycles. The average Bonchev–Trinajstić information content (AvgIpc) is 2.84. The highest BCUT2D eigenvalue weighted by molar-refractivity contribution is 7.89. The predicted octanol–water partition coefficient (Wildman–Crippen LogP) is 2.00. The van der Waals surface area contributed by atoms with Gasteiger partial charge >= 0.3 is 0 Å². The number of rotatable bonds is 5. The van der Waals surface area contributed by atoms with E-state index in [1.807, 2.05) is 6.07 Å². The zero-order chi connectivity index (χ0) is 14.8. The van der Waals surface area contributed by atoms with Crippen LogP contribution in [0, 0.1) is 5.92 Å². The van der Waals surface area contributed by atoms with E-state index in [-0.39, 0.29) is 0 Å². The maximum atomic E-state index is 12.5. The Morgan fingerprint density at radius 2 is 2.20 bits per heavy atom. The van der Waals surface area contributed by atoms with E-state index in [0.717, 1.165) is 25.1 Å². The molecule has 0 saturated carbocycles. The summed E-state index contributed by atoms with van der Waals surface area (Å²) in [7, 11) is 0.301. The molecule has 112 valence electrons. The molecule has 2 rings (SSSR count). The van der Waals surface area contributed by atoms with Gasteiger partial charge in [-0.2, -0.15) is 0 Å². The highest BCUT2D eigenvalue weighted by Crippen LogP contribution is 2.21. The third-order valence-corrected chi connectivity index (χ3v) is 5.89. The summed E-state index contributed by atoms with van der Waals surface area (Å²) in [6.07, 6.45) is 1.05. The highest BCUT2D eigenvalue weighted by Gasteiger charge is 2.27. The zero-order valence-corrected chi connectivity index (χ0v) is 13.5. The molecule has 20 heavy (non-hydrogen) atoms. The van der Waals surface area contributed by atoms with E-state index < -0.39 is 10.0 Å². The average molecular weight is 317 g/mol. The molecule has 0 aliphatic carbocycles. The first-order chi connectivity index (χ1) is 9.43. The lowest BCUT2D eigenvalue weighted by Gasteiger charge is -2.21. The second kappa shape index (κ2) is 6.43. The molecule has 1 aliphatic rings. The van der Waals surface area contributed by atoms with Gasteiger partial charge in [0.15, 0.2) is 0 Å². The van der Waals surface area contributed by atoms with E-state index in [9.17, 15) is 8.42 Å². The van der Waals surface area contributed by atoms with Gasteiger partial charge in [0, 0.05) is 26.0 Å². The standard InChI is InChI=1S/C14H21ClN2O2S/c1-16-7-6-13(10-16)11-17(2)20(18,19)14-5-3-4-12(8-14)9-15/h3-5,8,13H,6-7,9-11H2,1-2H3. The zero-order valence-electron chi connectivity index (χ0n) is 11.9. The number of nitrogens with zero attached hydrogens (tertiary/aromatic N) is 2. The van der Waals surface area contributed by atoms with Crippen molar-refractivity contribution in [1.29, 1.82) is 0 Å². The summed E-state index contributed by atoms with van der Waals surface area (Å²) in [5.74, 6) is 0.733. The van der Waals surface area contributed by atoms with Gasteiger partial charge < -0.3 is 4.90 Å². The lowest BCUT2D eigenvalue weighted by Crippen LogP contribution is -2.32. The van der Waals surface area contributed by atoms with Crippen molar-refractivity contribution >= 4 is 21.6 Å². The van der Waals surface area contributed by atoms with Crippen LogP contribution in [-0.2, 0) is 15.9 Å². The van der Waals surface area contributed by atoms with E-state index in [4.69, 9.17) is 11.6 Å². The molecule has 1 heterocycles. The molecule has 0 bridgehead atoms. The maximum Gasteiger partial charge on any atom is 0.242 e.